The monoisotopic (exact) mass is 475 g/mol. The van der Waals surface area contributed by atoms with Crippen molar-refractivity contribution in [1.29, 1.82) is 0 Å². The van der Waals surface area contributed by atoms with E-state index < -0.39 is 0 Å². The van der Waals surface area contributed by atoms with Gasteiger partial charge in [-0.2, -0.15) is 0 Å². The number of nitrogens with zero attached hydrogens (tertiary/aromatic N) is 1. The highest BCUT2D eigenvalue weighted by Crippen LogP contribution is 2.74. The van der Waals surface area contributed by atoms with Crippen molar-refractivity contribution in [1.82, 2.24) is 0 Å². The normalized spacial score (nSPS) is 50.0. The van der Waals surface area contributed by atoms with Crippen molar-refractivity contribution < 1.29 is 15.4 Å². The maximum atomic E-state index is 11.9. The van der Waals surface area contributed by atoms with E-state index in [2.05, 4.69) is 60.5 Å². The van der Waals surface area contributed by atoms with Crippen LogP contribution in [-0.2, 0) is 0 Å². The van der Waals surface area contributed by atoms with E-state index in [-0.39, 0.29) is 51.6 Å². The van der Waals surface area contributed by atoms with Gasteiger partial charge in [0.05, 0.1) is 17.9 Å². The summed E-state index contributed by atoms with van der Waals surface area (Å²) in [5, 5.41) is 37.1. The summed E-state index contributed by atoms with van der Waals surface area (Å²) < 4.78 is 0. The molecular formula is C30H53NO3. The Morgan fingerprint density at radius 2 is 1.62 bits per heavy atom. The summed E-state index contributed by atoms with van der Waals surface area (Å²) in [7, 11) is 0. The van der Waals surface area contributed by atoms with Crippen LogP contribution in [0.15, 0.2) is 5.16 Å². The van der Waals surface area contributed by atoms with E-state index >= 15 is 0 Å². The first-order chi connectivity index (χ1) is 15.7. The third-order valence-corrected chi connectivity index (χ3v) is 12.5. The SMILES string of the molecule is CC(C)CCC[C@@H](C)[C@H]1CC[C@@]2(C)[C@@H]3/C(=N\O)C[C@H]4C(C)(C)[C@@H](O)CC[C@]4(C)[C@H]3[C@@H](O)C[C@]12C. The van der Waals surface area contributed by atoms with Crippen molar-refractivity contribution in [3.63, 3.8) is 0 Å². The van der Waals surface area contributed by atoms with Crippen LogP contribution in [0, 0.1) is 57.2 Å². The maximum absolute atomic E-state index is 11.9. The number of aliphatic hydroxyl groups is 2. The highest BCUT2D eigenvalue weighted by Gasteiger charge is 2.71. The Morgan fingerprint density at radius 1 is 0.941 bits per heavy atom. The van der Waals surface area contributed by atoms with Gasteiger partial charge in [-0.25, -0.2) is 0 Å². The molecule has 0 bridgehead atoms. The molecule has 0 aromatic rings. The number of aliphatic hydroxyl groups excluding tert-OH is 2. The van der Waals surface area contributed by atoms with Gasteiger partial charge in [-0.15, -0.1) is 0 Å². The lowest BCUT2D eigenvalue weighted by Gasteiger charge is -2.68. The Labute approximate surface area is 209 Å². The van der Waals surface area contributed by atoms with Gasteiger partial charge < -0.3 is 15.4 Å². The van der Waals surface area contributed by atoms with Crippen molar-refractivity contribution >= 4 is 5.71 Å². The second kappa shape index (κ2) is 8.75. The smallest absolute Gasteiger partial charge is 0.0614 e. The van der Waals surface area contributed by atoms with Gasteiger partial charge in [-0.1, -0.05) is 79.8 Å². The Kier molecular flexibility index (Phi) is 6.81. The van der Waals surface area contributed by atoms with Gasteiger partial charge in [0.25, 0.3) is 0 Å². The molecule has 4 fully saturated rings. The van der Waals surface area contributed by atoms with Crippen LogP contribution < -0.4 is 0 Å². The lowest BCUT2D eigenvalue weighted by Crippen LogP contribution is -2.67. The van der Waals surface area contributed by atoms with E-state index in [1.54, 1.807) is 0 Å². The van der Waals surface area contributed by atoms with Gasteiger partial charge in [-0.3, -0.25) is 0 Å². The van der Waals surface area contributed by atoms with Crippen LogP contribution >= 0.6 is 0 Å². The molecule has 4 aliphatic rings. The quantitative estimate of drug-likeness (QED) is 0.299. The molecule has 0 heterocycles. The largest absolute Gasteiger partial charge is 0.411 e. The van der Waals surface area contributed by atoms with E-state index in [1.165, 1.54) is 25.7 Å². The molecule has 0 aliphatic heterocycles. The van der Waals surface area contributed by atoms with E-state index in [0.29, 0.717) is 11.8 Å². The number of rotatable bonds is 5. The van der Waals surface area contributed by atoms with Gasteiger partial charge >= 0.3 is 0 Å². The zero-order chi connectivity index (χ0) is 25.3. The van der Waals surface area contributed by atoms with E-state index in [0.717, 1.165) is 43.7 Å². The van der Waals surface area contributed by atoms with Gasteiger partial charge in [0.15, 0.2) is 0 Å². The van der Waals surface area contributed by atoms with E-state index in [4.69, 9.17) is 0 Å². The van der Waals surface area contributed by atoms with Gasteiger partial charge in [0.2, 0.25) is 0 Å². The predicted octanol–water partition coefficient (Wildman–Crippen LogP) is 6.91. The van der Waals surface area contributed by atoms with Crippen LogP contribution in [0.3, 0.4) is 0 Å². The molecule has 4 saturated carbocycles. The minimum absolute atomic E-state index is 0.0314. The fourth-order valence-corrected chi connectivity index (χ4v) is 10.3. The molecule has 0 saturated heterocycles. The minimum atomic E-state index is -0.387. The highest BCUT2D eigenvalue weighted by molar-refractivity contribution is 5.89. The summed E-state index contributed by atoms with van der Waals surface area (Å²) in [4.78, 5) is 0. The Hall–Kier alpha value is -0.610. The van der Waals surface area contributed by atoms with Crippen molar-refractivity contribution in [2.45, 2.75) is 125 Å². The first-order valence-electron chi connectivity index (χ1n) is 14.3. The molecule has 0 aromatic heterocycles. The van der Waals surface area contributed by atoms with Crippen molar-refractivity contribution in [2.75, 3.05) is 0 Å². The van der Waals surface area contributed by atoms with Crippen LogP contribution in [-0.4, -0.2) is 33.3 Å². The number of fused-ring (bicyclic) bond motifs is 5. The zero-order valence-corrected chi connectivity index (χ0v) is 23.3. The van der Waals surface area contributed by atoms with Gasteiger partial charge in [0.1, 0.15) is 0 Å². The van der Waals surface area contributed by atoms with Crippen LogP contribution in [0.25, 0.3) is 0 Å². The van der Waals surface area contributed by atoms with Crippen LogP contribution in [0.4, 0.5) is 0 Å². The maximum Gasteiger partial charge on any atom is 0.0614 e. The molecule has 0 unspecified atom stereocenters. The molecule has 4 nitrogen and oxygen atoms in total. The molecular weight excluding hydrogens is 422 g/mol. The summed E-state index contributed by atoms with van der Waals surface area (Å²) in [5.41, 5.74) is 0.678. The summed E-state index contributed by atoms with van der Waals surface area (Å²) in [5.74, 6) is 2.44. The molecule has 34 heavy (non-hydrogen) atoms. The Balaban J connectivity index is 1.70. The predicted molar refractivity (Wildman–Crippen MR) is 139 cm³/mol. The number of oxime groups is 1. The minimum Gasteiger partial charge on any atom is -0.411 e. The van der Waals surface area contributed by atoms with E-state index in [9.17, 15) is 15.4 Å². The first kappa shape index (κ1) is 26.5. The topological polar surface area (TPSA) is 73.1 Å². The third-order valence-electron chi connectivity index (χ3n) is 12.5. The first-order valence-corrected chi connectivity index (χ1v) is 14.3. The zero-order valence-electron chi connectivity index (χ0n) is 23.3. The van der Waals surface area contributed by atoms with Crippen LogP contribution in [0.2, 0.25) is 0 Å². The summed E-state index contributed by atoms with van der Waals surface area (Å²) in [6, 6.07) is 0. The molecule has 4 aliphatic carbocycles. The highest BCUT2D eigenvalue weighted by atomic mass is 16.4. The molecule has 0 radical (unpaired) electrons. The summed E-state index contributed by atoms with van der Waals surface area (Å²) >= 11 is 0. The average molecular weight is 476 g/mol. The molecule has 0 spiro atoms. The molecule has 196 valence electrons. The van der Waals surface area contributed by atoms with Gasteiger partial charge in [-0.05, 0) is 89.8 Å². The fraction of sp³-hybridized carbons (Fsp3) is 0.967. The average Bonchev–Trinajstić information content (AvgIpc) is 3.01. The fourth-order valence-electron chi connectivity index (χ4n) is 10.3. The number of hydrogen-bond acceptors (Lipinski definition) is 4. The second-order valence-electron chi connectivity index (χ2n) is 14.8. The lowest BCUT2D eigenvalue weighted by molar-refractivity contribution is -0.204. The molecule has 3 N–H and O–H groups in total. The molecule has 4 rings (SSSR count). The van der Waals surface area contributed by atoms with Crippen LogP contribution in [0.1, 0.15) is 113 Å². The van der Waals surface area contributed by atoms with E-state index in [1.807, 2.05) is 0 Å². The third kappa shape index (κ3) is 3.63. The molecule has 4 heteroatoms. The molecule has 0 amide bonds. The second-order valence-corrected chi connectivity index (χ2v) is 14.8. The van der Waals surface area contributed by atoms with Crippen molar-refractivity contribution in [3.8, 4) is 0 Å². The van der Waals surface area contributed by atoms with Crippen molar-refractivity contribution in [2.24, 2.45) is 62.3 Å². The van der Waals surface area contributed by atoms with Gasteiger partial charge in [0, 0.05) is 5.92 Å². The standard InChI is InChI=1S/C30H53NO3/c1-18(2)10-9-11-19(3)20-12-15-29(7)25-21(31-34)16-23-27(4,5)24(33)13-14-28(23,6)26(25)22(32)17-30(20,29)8/h18-20,22-26,32-34H,9-17H2,1-8H3/b31-21-/t19-,20-,22+,23+,24+,25-,26+,28+,29+,30-/m1/s1. The number of hydrogen-bond donors (Lipinski definition) is 3. The summed E-state index contributed by atoms with van der Waals surface area (Å²) in [6.45, 7) is 18.7. The Morgan fingerprint density at radius 3 is 2.24 bits per heavy atom. The molecule has 10 atom stereocenters. The summed E-state index contributed by atoms with van der Waals surface area (Å²) in [6.07, 6.45) is 8.83. The van der Waals surface area contributed by atoms with Crippen LogP contribution in [0.5, 0.6) is 0 Å². The van der Waals surface area contributed by atoms with Crippen molar-refractivity contribution in [3.05, 3.63) is 0 Å². The molecule has 0 aromatic carbocycles. The Bertz CT molecular complexity index is 792. The lowest BCUT2D eigenvalue weighted by atomic mass is 9.37.